The Morgan fingerprint density at radius 1 is 1.55 bits per heavy atom. The molecule has 1 aromatic heterocycles. The monoisotopic (exact) mass is 274 g/mol. The molecule has 0 atom stereocenters. The minimum Gasteiger partial charge on any atom is -0.340 e. The van der Waals surface area contributed by atoms with Crippen LogP contribution in [0.25, 0.3) is 0 Å². The Labute approximate surface area is 120 Å². The molecule has 1 aromatic rings. The SMILES string of the molecule is CCN(CCC#N)C(=O)c1cccn1C1CCNCC1. The zero-order valence-corrected chi connectivity index (χ0v) is 12.0. The smallest absolute Gasteiger partial charge is 0.270 e. The van der Waals surface area contributed by atoms with Crippen molar-refractivity contribution in [2.75, 3.05) is 26.2 Å². The molecule has 0 aliphatic carbocycles. The second-order valence-corrected chi connectivity index (χ2v) is 5.07. The Kier molecular flexibility index (Phi) is 5.19. The number of nitrogens with zero attached hydrogens (tertiary/aromatic N) is 3. The van der Waals surface area contributed by atoms with Crippen molar-refractivity contribution in [1.29, 1.82) is 5.26 Å². The summed E-state index contributed by atoms with van der Waals surface area (Å²) in [5, 5.41) is 12.0. The molecule has 2 heterocycles. The van der Waals surface area contributed by atoms with Crippen molar-refractivity contribution >= 4 is 5.91 Å². The van der Waals surface area contributed by atoms with Crippen molar-refractivity contribution in [2.24, 2.45) is 0 Å². The number of rotatable bonds is 5. The number of aromatic nitrogens is 1. The van der Waals surface area contributed by atoms with E-state index >= 15 is 0 Å². The predicted octanol–water partition coefficient (Wildman–Crippen LogP) is 1.79. The number of hydrogen-bond acceptors (Lipinski definition) is 3. The molecule has 1 saturated heterocycles. The zero-order valence-electron chi connectivity index (χ0n) is 12.0. The fourth-order valence-corrected chi connectivity index (χ4v) is 2.73. The maximum absolute atomic E-state index is 12.6. The minimum atomic E-state index is 0.0336. The molecule has 1 aliphatic rings. The van der Waals surface area contributed by atoms with E-state index in [2.05, 4.69) is 16.0 Å². The number of hydrogen-bond donors (Lipinski definition) is 1. The van der Waals surface area contributed by atoms with E-state index in [-0.39, 0.29) is 5.91 Å². The van der Waals surface area contributed by atoms with Gasteiger partial charge in [-0.15, -0.1) is 0 Å². The zero-order chi connectivity index (χ0) is 14.4. The van der Waals surface area contributed by atoms with E-state index in [0.29, 0.717) is 25.6 Å². The second kappa shape index (κ2) is 7.11. The van der Waals surface area contributed by atoms with Crippen LogP contribution in [0.15, 0.2) is 18.3 Å². The van der Waals surface area contributed by atoms with Crippen LogP contribution in [0.1, 0.15) is 42.7 Å². The van der Waals surface area contributed by atoms with Crippen LogP contribution in [0.3, 0.4) is 0 Å². The molecule has 0 aromatic carbocycles. The lowest BCUT2D eigenvalue weighted by atomic mass is 10.1. The Balaban J connectivity index is 2.13. The molecule has 1 N–H and O–H groups in total. The Morgan fingerprint density at radius 2 is 2.30 bits per heavy atom. The van der Waals surface area contributed by atoms with Crippen molar-refractivity contribution in [2.45, 2.75) is 32.2 Å². The largest absolute Gasteiger partial charge is 0.340 e. The van der Waals surface area contributed by atoms with E-state index in [1.54, 1.807) is 4.90 Å². The summed E-state index contributed by atoms with van der Waals surface area (Å²) in [6.45, 7) is 5.10. The van der Waals surface area contributed by atoms with E-state index in [4.69, 9.17) is 5.26 Å². The molecule has 1 amide bonds. The molecular weight excluding hydrogens is 252 g/mol. The van der Waals surface area contributed by atoms with Gasteiger partial charge in [0.15, 0.2) is 0 Å². The number of carbonyl (C=O) groups excluding carboxylic acids is 1. The first kappa shape index (κ1) is 14.6. The van der Waals surface area contributed by atoms with Crippen molar-refractivity contribution in [3.05, 3.63) is 24.0 Å². The maximum atomic E-state index is 12.6. The van der Waals surface area contributed by atoms with E-state index in [9.17, 15) is 4.79 Å². The van der Waals surface area contributed by atoms with Gasteiger partial charge in [-0.25, -0.2) is 0 Å². The predicted molar refractivity (Wildman–Crippen MR) is 77.4 cm³/mol. The summed E-state index contributed by atoms with van der Waals surface area (Å²) >= 11 is 0. The lowest BCUT2D eigenvalue weighted by Crippen LogP contribution is -2.35. The Bertz CT molecular complexity index is 482. The van der Waals surface area contributed by atoms with Gasteiger partial charge in [-0.2, -0.15) is 5.26 Å². The van der Waals surface area contributed by atoms with Gasteiger partial charge in [-0.1, -0.05) is 0 Å². The Hall–Kier alpha value is -1.80. The summed E-state index contributed by atoms with van der Waals surface area (Å²) < 4.78 is 2.11. The number of piperidine rings is 1. The van der Waals surface area contributed by atoms with Gasteiger partial charge < -0.3 is 14.8 Å². The van der Waals surface area contributed by atoms with Crippen LogP contribution in [0.4, 0.5) is 0 Å². The number of nitrogens with one attached hydrogen (secondary N) is 1. The molecule has 5 nitrogen and oxygen atoms in total. The number of nitriles is 1. The van der Waals surface area contributed by atoms with Gasteiger partial charge in [0.25, 0.3) is 5.91 Å². The summed E-state index contributed by atoms with van der Waals surface area (Å²) in [5.74, 6) is 0.0336. The molecule has 0 bridgehead atoms. The third-order valence-electron chi connectivity index (χ3n) is 3.86. The van der Waals surface area contributed by atoms with Gasteiger partial charge in [-0.05, 0) is 45.0 Å². The van der Waals surface area contributed by atoms with Gasteiger partial charge in [0.1, 0.15) is 5.69 Å². The minimum absolute atomic E-state index is 0.0336. The van der Waals surface area contributed by atoms with Crippen LogP contribution in [-0.2, 0) is 0 Å². The average Bonchev–Trinajstić information content (AvgIpc) is 2.98. The molecule has 108 valence electrons. The van der Waals surface area contributed by atoms with Gasteiger partial charge in [-0.3, -0.25) is 4.79 Å². The molecule has 1 fully saturated rings. The lowest BCUT2D eigenvalue weighted by molar-refractivity contribution is 0.0753. The molecule has 0 saturated carbocycles. The van der Waals surface area contributed by atoms with Gasteiger partial charge in [0, 0.05) is 25.3 Å². The quantitative estimate of drug-likeness (QED) is 0.890. The van der Waals surface area contributed by atoms with Gasteiger partial charge >= 0.3 is 0 Å². The molecule has 0 unspecified atom stereocenters. The summed E-state index contributed by atoms with van der Waals surface area (Å²) in [4.78, 5) is 14.3. The summed E-state index contributed by atoms with van der Waals surface area (Å²) in [5.41, 5.74) is 0.747. The highest BCUT2D eigenvalue weighted by molar-refractivity contribution is 5.92. The molecular formula is C15H22N4O. The third-order valence-corrected chi connectivity index (χ3v) is 3.86. The van der Waals surface area contributed by atoms with Crippen molar-refractivity contribution in [3.63, 3.8) is 0 Å². The van der Waals surface area contributed by atoms with Crippen LogP contribution in [0.2, 0.25) is 0 Å². The lowest BCUT2D eigenvalue weighted by Gasteiger charge is -2.27. The van der Waals surface area contributed by atoms with Crippen LogP contribution < -0.4 is 5.32 Å². The number of amides is 1. The highest BCUT2D eigenvalue weighted by atomic mass is 16.2. The average molecular weight is 274 g/mol. The third kappa shape index (κ3) is 3.20. The fraction of sp³-hybridized carbons (Fsp3) is 0.600. The normalized spacial score (nSPS) is 15.8. The molecule has 0 spiro atoms. The second-order valence-electron chi connectivity index (χ2n) is 5.07. The molecule has 1 aliphatic heterocycles. The first-order chi connectivity index (χ1) is 9.77. The molecule has 0 radical (unpaired) electrons. The first-order valence-corrected chi connectivity index (χ1v) is 7.31. The van der Waals surface area contributed by atoms with Crippen molar-refractivity contribution < 1.29 is 4.79 Å². The van der Waals surface area contributed by atoms with E-state index in [1.807, 2.05) is 25.3 Å². The van der Waals surface area contributed by atoms with Crippen LogP contribution in [0, 0.1) is 11.3 Å². The van der Waals surface area contributed by atoms with Crippen LogP contribution >= 0.6 is 0 Å². The molecule has 2 rings (SSSR count). The summed E-state index contributed by atoms with van der Waals surface area (Å²) in [6, 6.07) is 6.33. The van der Waals surface area contributed by atoms with E-state index in [1.165, 1.54) is 0 Å². The maximum Gasteiger partial charge on any atom is 0.270 e. The summed E-state index contributed by atoms with van der Waals surface area (Å²) in [7, 11) is 0. The van der Waals surface area contributed by atoms with Gasteiger partial charge in [0.2, 0.25) is 0 Å². The van der Waals surface area contributed by atoms with Crippen LogP contribution in [-0.4, -0.2) is 41.6 Å². The Morgan fingerprint density at radius 3 is 2.95 bits per heavy atom. The first-order valence-electron chi connectivity index (χ1n) is 7.31. The highest BCUT2D eigenvalue weighted by Gasteiger charge is 2.22. The van der Waals surface area contributed by atoms with Crippen molar-refractivity contribution in [1.82, 2.24) is 14.8 Å². The van der Waals surface area contributed by atoms with Crippen LogP contribution in [0.5, 0.6) is 0 Å². The molecule has 5 heteroatoms. The standard InChI is InChI=1S/C15H22N4O/c1-2-18(11-4-8-16)15(20)14-5-3-12-19(14)13-6-9-17-10-7-13/h3,5,12-13,17H,2,4,6-7,9-11H2,1H3. The summed E-state index contributed by atoms with van der Waals surface area (Å²) in [6.07, 6.45) is 4.49. The van der Waals surface area contributed by atoms with E-state index in [0.717, 1.165) is 31.6 Å². The number of carbonyl (C=O) groups is 1. The highest BCUT2D eigenvalue weighted by Crippen LogP contribution is 2.22. The fourth-order valence-electron chi connectivity index (χ4n) is 2.73. The topological polar surface area (TPSA) is 61.1 Å². The van der Waals surface area contributed by atoms with E-state index < -0.39 is 0 Å². The molecule has 20 heavy (non-hydrogen) atoms. The van der Waals surface area contributed by atoms with Crippen molar-refractivity contribution in [3.8, 4) is 6.07 Å². The van der Waals surface area contributed by atoms with Gasteiger partial charge in [0.05, 0.1) is 12.5 Å².